The van der Waals surface area contributed by atoms with Crippen molar-refractivity contribution in [3.8, 4) is 11.5 Å². The van der Waals surface area contributed by atoms with Gasteiger partial charge < -0.3 is 14.8 Å². The molecule has 0 spiro atoms. The fourth-order valence-electron chi connectivity index (χ4n) is 1.89. The summed E-state index contributed by atoms with van der Waals surface area (Å²) in [7, 11) is 3.04. The molecule has 1 aliphatic rings. The van der Waals surface area contributed by atoms with Gasteiger partial charge in [0.2, 0.25) is 0 Å². The molecule has 0 bridgehead atoms. The molecule has 0 unspecified atom stereocenters. The number of carbonyl (C=O) groups is 2. The maximum absolute atomic E-state index is 11.8. The molecule has 1 aromatic rings. The molecule has 2 rings (SSSR count). The van der Waals surface area contributed by atoms with Gasteiger partial charge in [-0.1, -0.05) is 6.07 Å². The number of nitrogens with one attached hydrogen (secondary N) is 2. The average molecular weight is 250 g/mol. The second kappa shape index (κ2) is 4.21. The third-order valence-corrected chi connectivity index (χ3v) is 3.01. The van der Waals surface area contributed by atoms with Crippen LogP contribution in [-0.4, -0.2) is 26.2 Å². The highest BCUT2D eigenvalue weighted by atomic mass is 16.5. The van der Waals surface area contributed by atoms with Gasteiger partial charge in [0.15, 0.2) is 11.5 Å². The van der Waals surface area contributed by atoms with E-state index in [1.165, 1.54) is 14.2 Å². The van der Waals surface area contributed by atoms with Crippen LogP contribution in [0.15, 0.2) is 18.2 Å². The molecule has 0 aromatic heterocycles. The molecule has 2 N–H and O–H groups in total. The van der Waals surface area contributed by atoms with Crippen LogP contribution in [0, 0.1) is 0 Å². The molecular formula is C12H14N2O4. The summed E-state index contributed by atoms with van der Waals surface area (Å²) in [5.41, 5.74) is -0.458. The zero-order valence-corrected chi connectivity index (χ0v) is 10.4. The minimum absolute atomic E-state index is 0.389. The molecule has 1 saturated heterocycles. The van der Waals surface area contributed by atoms with Gasteiger partial charge >= 0.3 is 6.03 Å². The van der Waals surface area contributed by atoms with Crippen molar-refractivity contribution in [2.24, 2.45) is 0 Å². The lowest BCUT2D eigenvalue weighted by Crippen LogP contribution is -2.40. The number of urea groups is 1. The number of carbonyl (C=O) groups excluding carboxylic acids is 2. The van der Waals surface area contributed by atoms with Crippen LogP contribution >= 0.6 is 0 Å². The molecule has 0 saturated carbocycles. The van der Waals surface area contributed by atoms with Crippen LogP contribution in [0.2, 0.25) is 0 Å². The second-order valence-corrected chi connectivity index (χ2v) is 4.10. The van der Waals surface area contributed by atoms with Crippen LogP contribution in [0.4, 0.5) is 4.79 Å². The van der Waals surface area contributed by atoms with Crippen molar-refractivity contribution in [1.29, 1.82) is 0 Å². The summed E-state index contributed by atoms with van der Waals surface area (Å²) >= 11 is 0. The Labute approximate surface area is 104 Å². The average Bonchev–Trinajstić information content (AvgIpc) is 2.63. The first-order valence-corrected chi connectivity index (χ1v) is 5.37. The molecule has 1 aromatic carbocycles. The summed E-state index contributed by atoms with van der Waals surface area (Å²) in [6, 6.07) is 4.57. The quantitative estimate of drug-likeness (QED) is 0.776. The zero-order valence-electron chi connectivity index (χ0n) is 10.4. The molecule has 6 heteroatoms. The molecule has 18 heavy (non-hydrogen) atoms. The molecule has 3 amide bonds. The van der Waals surface area contributed by atoms with Crippen molar-refractivity contribution >= 4 is 11.9 Å². The molecule has 1 atom stereocenters. The van der Waals surface area contributed by atoms with Gasteiger partial charge in [-0.2, -0.15) is 0 Å². The Bertz CT molecular complexity index is 515. The number of rotatable bonds is 3. The van der Waals surface area contributed by atoms with Crippen molar-refractivity contribution in [3.63, 3.8) is 0 Å². The minimum atomic E-state index is -1.09. The van der Waals surface area contributed by atoms with Crippen molar-refractivity contribution in [2.75, 3.05) is 14.2 Å². The van der Waals surface area contributed by atoms with Crippen LogP contribution in [0.3, 0.4) is 0 Å². The molecule has 96 valence electrons. The van der Waals surface area contributed by atoms with Crippen molar-refractivity contribution in [1.82, 2.24) is 10.6 Å². The number of hydrogen-bond donors (Lipinski definition) is 2. The Morgan fingerprint density at radius 3 is 2.28 bits per heavy atom. The van der Waals surface area contributed by atoms with E-state index in [0.717, 1.165) is 0 Å². The third-order valence-electron chi connectivity index (χ3n) is 3.01. The molecule has 1 aliphatic heterocycles. The lowest BCUT2D eigenvalue weighted by atomic mass is 9.92. The van der Waals surface area contributed by atoms with E-state index in [9.17, 15) is 9.59 Å². The molecule has 0 aliphatic carbocycles. The lowest BCUT2D eigenvalue weighted by molar-refractivity contribution is -0.123. The first-order valence-electron chi connectivity index (χ1n) is 5.37. The third kappa shape index (κ3) is 1.75. The normalized spacial score (nSPS) is 22.4. The largest absolute Gasteiger partial charge is 0.493 e. The van der Waals surface area contributed by atoms with Gasteiger partial charge in [0, 0.05) is 0 Å². The maximum Gasteiger partial charge on any atom is 0.322 e. The lowest BCUT2D eigenvalue weighted by Gasteiger charge is -2.22. The van der Waals surface area contributed by atoms with Gasteiger partial charge in [-0.15, -0.1) is 0 Å². The number of methoxy groups -OCH3 is 2. The van der Waals surface area contributed by atoms with E-state index in [1.54, 1.807) is 25.1 Å². The van der Waals surface area contributed by atoms with Crippen LogP contribution in [0.5, 0.6) is 11.5 Å². The van der Waals surface area contributed by atoms with E-state index in [1.807, 2.05) is 0 Å². The van der Waals surface area contributed by atoms with Crippen LogP contribution in [-0.2, 0) is 10.3 Å². The van der Waals surface area contributed by atoms with Crippen LogP contribution in [0.25, 0.3) is 0 Å². The maximum atomic E-state index is 11.8. The van der Waals surface area contributed by atoms with Crippen molar-refractivity contribution in [3.05, 3.63) is 23.8 Å². The Kier molecular flexibility index (Phi) is 2.86. The number of ether oxygens (including phenoxy) is 2. The fraction of sp³-hybridized carbons (Fsp3) is 0.333. The van der Waals surface area contributed by atoms with E-state index in [0.29, 0.717) is 17.1 Å². The Hall–Kier alpha value is -2.24. The molecule has 1 fully saturated rings. The van der Waals surface area contributed by atoms with Gasteiger partial charge in [-0.05, 0) is 24.6 Å². The van der Waals surface area contributed by atoms with Gasteiger partial charge in [-0.3, -0.25) is 10.1 Å². The monoisotopic (exact) mass is 250 g/mol. The highest BCUT2D eigenvalue weighted by Crippen LogP contribution is 2.33. The van der Waals surface area contributed by atoms with Crippen molar-refractivity contribution < 1.29 is 19.1 Å². The highest BCUT2D eigenvalue weighted by Gasteiger charge is 2.43. The summed E-state index contributed by atoms with van der Waals surface area (Å²) < 4.78 is 10.3. The van der Waals surface area contributed by atoms with E-state index in [-0.39, 0.29) is 5.91 Å². The Morgan fingerprint density at radius 1 is 1.11 bits per heavy atom. The van der Waals surface area contributed by atoms with Gasteiger partial charge in [0.25, 0.3) is 5.91 Å². The predicted octanol–water partition coefficient (Wildman–Crippen LogP) is 0.758. The van der Waals surface area contributed by atoms with Gasteiger partial charge in [0.1, 0.15) is 5.54 Å². The SMILES string of the molecule is COc1ccc([C@@]2(C)NC(=O)NC2=O)cc1OC. The summed E-state index contributed by atoms with van der Waals surface area (Å²) in [4.78, 5) is 23.0. The molecule has 1 heterocycles. The number of hydrogen-bond acceptors (Lipinski definition) is 4. The molecule has 6 nitrogen and oxygen atoms in total. The van der Waals surface area contributed by atoms with Gasteiger partial charge in [-0.25, -0.2) is 4.79 Å². The van der Waals surface area contributed by atoms with E-state index in [4.69, 9.17) is 9.47 Å². The molecule has 0 radical (unpaired) electrons. The fourth-order valence-corrected chi connectivity index (χ4v) is 1.89. The first-order chi connectivity index (χ1) is 8.51. The van der Waals surface area contributed by atoms with Crippen LogP contribution < -0.4 is 20.1 Å². The summed E-state index contributed by atoms with van der Waals surface area (Å²) in [6.07, 6.45) is 0. The molecular weight excluding hydrogens is 236 g/mol. The topological polar surface area (TPSA) is 76.7 Å². The highest BCUT2D eigenvalue weighted by molar-refractivity contribution is 6.07. The van der Waals surface area contributed by atoms with Crippen LogP contribution in [0.1, 0.15) is 12.5 Å². The van der Waals surface area contributed by atoms with E-state index in [2.05, 4.69) is 10.6 Å². The predicted molar refractivity (Wildman–Crippen MR) is 63.6 cm³/mol. The summed E-state index contributed by atoms with van der Waals surface area (Å²) in [5.74, 6) is 0.680. The van der Waals surface area contributed by atoms with Crippen molar-refractivity contribution in [2.45, 2.75) is 12.5 Å². The number of amides is 3. The van der Waals surface area contributed by atoms with E-state index >= 15 is 0 Å². The summed E-state index contributed by atoms with van der Waals surface area (Å²) in [5, 5.41) is 4.80. The second-order valence-electron chi connectivity index (χ2n) is 4.10. The minimum Gasteiger partial charge on any atom is -0.493 e. The number of benzene rings is 1. The Morgan fingerprint density at radius 2 is 1.78 bits per heavy atom. The zero-order chi connectivity index (χ0) is 13.3. The summed E-state index contributed by atoms with van der Waals surface area (Å²) in [6.45, 7) is 1.63. The van der Waals surface area contributed by atoms with Gasteiger partial charge in [0.05, 0.1) is 14.2 Å². The number of imide groups is 1. The first kappa shape index (κ1) is 12.2. The smallest absolute Gasteiger partial charge is 0.322 e. The Balaban J connectivity index is 2.45. The standard InChI is InChI=1S/C12H14N2O4/c1-12(10(15)13-11(16)14-12)7-4-5-8(17-2)9(6-7)18-3/h4-6H,1-3H3,(H2,13,14,15,16)/t12-/m1/s1. The van der Waals surface area contributed by atoms with E-state index < -0.39 is 11.6 Å².